The molecule has 1 atom stereocenters. The van der Waals surface area contributed by atoms with Gasteiger partial charge in [0.15, 0.2) is 0 Å². The Bertz CT molecular complexity index is 493. The summed E-state index contributed by atoms with van der Waals surface area (Å²) in [5, 5.41) is 11.3. The molecule has 1 rings (SSSR count). The molecule has 0 heterocycles. The van der Waals surface area contributed by atoms with Crippen molar-refractivity contribution in [2.45, 2.75) is 18.9 Å². The quantitative estimate of drug-likeness (QED) is 0.615. The molecular weight excluding hydrogens is 232 g/mol. The first-order valence-corrected chi connectivity index (χ1v) is 5.34. The van der Waals surface area contributed by atoms with Crippen LogP contribution in [0.15, 0.2) is 24.3 Å². The van der Waals surface area contributed by atoms with Crippen molar-refractivity contribution in [3.8, 4) is 6.07 Å². The number of nitrogens with one attached hydrogen (secondary N) is 1. The average Bonchev–Trinajstić information content (AvgIpc) is 2.38. The Balaban J connectivity index is 2.99. The number of hydrogen-bond acceptors (Lipinski definition) is 4. The van der Waals surface area contributed by atoms with Gasteiger partial charge in [0.25, 0.3) is 0 Å². The van der Waals surface area contributed by atoms with Crippen LogP contribution in [0.2, 0.25) is 0 Å². The minimum atomic E-state index is -1.13. The third kappa shape index (κ3) is 3.08. The summed E-state index contributed by atoms with van der Waals surface area (Å²) in [6, 6.07) is 8.88. The number of methoxy groups -OCH3 is 1. The number of benzene rings is 1. The molecule has 5 nitrogen and oxygen atoms in total. The maximum absolute atomic E-state index is 11.7. The smallest absolute Gasteiger partial charge is 0.331 e. The number of esters is 1. The molecule has 94 valence electrons. The van der Waals surface area contributed by atoms with Crippen LogP contribution in [0.5, 0.6) is 0 Å². The number of nitriles is 1. The fourth-order valence-electron chi connectivity index (χ4n) is 1.70. The van der Waals surface area contributed by atoms with Crippen LogP contribution >= 0.6 is 0 Å². The van der Waals surface area contributed by atoms with Crippen molar-refractivity contribution >= 4 is 12.4 Å². The van der Waals surface area contributed by atoms with Crippen LogP contribution < -0.4 is 5.32 Å². The molecular formula is C13H14N2O3. The van der Waals surface area contributed by atoms with E-state index < -0.39 is 11.5 Å². The highest BCUT2D eigenvalue weighted by molar-refractivity contribution is 5.83. The lowest BCUT2D eigenvalue weighted by Crippen LogP contribution is -2.51. The molecule has 1 N–H and O–H groups in total. The van der Waals surface area contributed by atoms with E-state index in [0.29, 0.717) is 12.0 Å². The van der Waals surface area contributed by atoms with Gasteiger partial charge in [0.05, 0.1) is 18.7 Å². The summed E-state index contributed by atoms with van der Waals surface area (Å²) in [5.41, 5.74) is 0.145. The molecule has 0 aliphatic heterocycles. The number of nitrogens with zero attached hydrogens (tertiary/aromatic N) is 1. The SMILES string of the molecule is COC(=O)[C@](C)(Cc1cccc(C#N)c1)NC=O. The molecule has 0 bridgehead atoms. The summed E-state index contributed by atoms with van der Waals surface area (Å²) in [7, 11) is 1.26. The minimum Gasteiger partial charge on any atom is -0.467 e. The van der Waals surface area contributed by atoms with Gasteiger partial charge in [-0.2, -0.15) is 5.26 Å². The normalized spacial score (nSPS) is 12.9. The van der Waals surface area contributed by atoms with E-state index in [4.69, 9.17) is 5.26 Å². The number of amides is 1. The lowest BCUT2D eigenvalue weighted by Gasteiger charge is -2.25. The number of ether oxygens (including phenoxy) is 1. The predicted molar refractivity (Wildman–Crippen MR) is 64.5 cm³/mol. The first-order valence-electron chi connectivity index (χ1n) is 5.34. The molecule has 0 aliphatic rings. The number of carbonyl (C=O) groups excluding carboxylic acids is 2. The van der Waals surface area contributed by atoms with Crippen LogP contribution in [0, 0.1) is 11.3 Å². The summed E-state index contributed by atoms with van der Waals surface area (Å²) in [4.78, 5) is 22.3. The van der Waals surface area contributed by atoms with Crippen LogP contribution in [0.1, 0.15) is 18.1 Å². The summed E-state index contributed by atoms with van der Waals surface area (Å²) >= 11 is 0. The van der Waals surface area contributed by atoms with Crippen molar-refractivity contribution in [3.05, 3.63) is 35.4 Å². The Kier molecular flexibility index (Phi) is 4.44. The van der Waals surface area contributed by atoms with Gasteiger partial charge in [0, 0.05) is 6.42 Å². The second-order valence-corrected chi connectivity index (χ2v) is 4.07. The molecule has 5 heteroatoms. The maximum atomic E-state index is 11.7. The zero-order chi connectivity index (χ0) is 13.6. The van der Waals surface area contributed by atoms with Gasteiger partial charge in [-0.05, 0) is 24.6 Å². The molecule has 0 unspecified atom stereocenters. The van der Waals surface area contributed by atoms with E-state index in [-0.39, 0.29) is 6.42 Å². The monoisotopic (exact) mass is 246 g/mol. The van der Waals surface area contributed by atoms with E-state index in [9.17, 15) is 9.59 Å². The third-order valence-corrected chi connectivity index (χ3v) is 2.63. The Labute approximate surface area is 105 Å². The molecule has 0 saturated carbocycles. The molecule has 0 spiro atoms. The van der Waals surface area contributed by atoms with E-state index >= 15 is 0 Å². The zero-order valence-corrected chi connectivity index (χ0v) is 10.3. The third-order valence-electron chi connectivity index (χ3n) is 2.63. The molecule has 18 heavy (non-hydrogen) atoms. The lowest BCUT2D eigenvalue weighted by molar-refractivity contribution is -0.148. The summed E-state index contributed by atoms with van der Waals surface area (Å²) in [6.45, 7) is 1.58. The van der Waals surface area contributed by atoms with E-state index in [0.717, 1.165) is 5.56 Å². The van der Waals surface area contributed by atoms with Crippen LogP contribution in [-0.4, -0.2) is 25.0 Å². The minimum absolute atomic E-state index is 0.258. The van der Waals surface area contributed by atoms with Gasteiger partial charge in [0.1, 0.15) is 5.54 Å². The number of carbonyl (C=O) groups is 2. The highest BCUT2D eigenvalue weighted by Crippen LogP contribution is 2.15. The topological polar surface area (TPSA) is 79.2 Å². The molecule has 1 amide bonds. The first kappa shape index (κ1) is 13.7. The van der Waals surface area contributed by atoms with Crippen LogP contribution in [0.3, 0.4) is 0 Å². The van der Waals surface area contributed by atoms with E-state index in [2.05, 4.69) is 10.1 Å². The lowest BCUT2D eigenvalue weighted by atomic mass is 9.92. The highest BCUT2D eigenvalue weighted by atomic mass is 16.5. The van der Waals surface area contributed by atoms with Crippen LogP contribution in [0.25, 0.3) is 0 Å². The van der Waals surface area contributed by atoms with Gasteiger partial charge in [-0.25, -0.2) is 4.79 Å². The Morgan fingerprint density at radius 2 is 2.33 bits per heavy atom. The Hall–Kier alpha value is -2.35. The Morgan fingerprint density at radius 1 is 1.61 bits per heavy atom. The second kappa shape index (κ2) is 5.82. The highest BCUT2D eigenvalue weighted by Gasteiger charge is 2.34. The molecule has 0 aromatic heterocycles. The van der Waals surface area contributed by atoms with Crippen LogP contribution in [-0.2, 0) is 20.7 Å². The van der Waals surface area contributed by atoms with Crippen molar-refractivity contribution < 1.29 is 14.3 Å². The standard InChI is InChI=1S/C13H14N2O3/c1-13(15-9-16,12(17)18-2)7-10-4-3-5-11(6-10)8-14/h3-6,9H,7H2,1-2H3,(H,15,16)/t13-/m0/s1. The molecule has 0 radical (unpaired) electrons. The van der Waals surface area contributed by atoms with Gasteiger partial charge in [-0.1, -0.05) is 12.1 Å². The molecule has 0 saturated heterocycles. The zero-order valence-electron chi connectivity index (χ0n) is 10.3. The fraction of sp³-hybridized carbons (Fsp3) is 0.308. The van der Waals surface area contributed by atoms with Crippen molar-refractivity contribution in [2.75, 3.05) is 7.11 Å². The van der Waals surface area contributed by atoms with E-state index in [1.165, 1.54) is 7.11 Å². The molecule has 0 fully saturated rings. The summed E-state index contributed by atoms with van der Waals surface area (Å²) in [5.74, 6) is -0.531. The van der Waals surface area contributed by atoms with Gasteiger partial charge in [0.2, 0.25) is 6.41 Å². The van der Waals surface area contributed by atoms with Crippen LogP contribution in [0.4, 0.5) is 0 Å². The second-order valence-electron chi connectivity index (χ2n) is 4.07. The Morgan fingerprint density at radius 3 is 2.89 bits per heavy atom. The van der Waals surface area contributed by atoms with Gasteiger partial charge in [-0.3, -0.25) is 4.79 Å². The van der Waals surface area contributed by atoms with Gasteiger partial charge in [-0.15, -0.1) is 0 Å². The number of rotatable bonds is 5. The molecule has 0 aliphatic carbocycles. The van der Waals surface area contributed by atoms with Gasteiger partial charge < -0.3 is 10.1 Å². The maximum Gasteiger partial charge on any atom is 0.331 e. The first-order chi connectivity index (χ1) is 8.55. The van der Waals surface area contributed by atoms with Crippen molar-refractivity contribution in [3.63, 3.8) is 0 Å². The predicted octanol–water partition coefficient (Wildman–Crippen LogP) is 0.778. The van der Waals surface area contributed by atoms with Crippen molar-refractivity contribution in [1.29, 1.82) is 5.26 Å². The van der Waals surface area contributed by atoms with E-state index in [1.807, 2.05) is 6.07 Å². The van der Waals surface area contributed by atoms with Crippen molar-refractivity contribution in [2.24, 2.45) is 0 Å². The molecule has 1 aromatic carbocycles. The van der Waals surface area contributed by atoms with Crippen molar-refractivity contribution in [1.82, 2.24) is 5.32 Å². The number of hydrogen-bond donors (Lipinski definition) is 1. The average molecular weight is 246 g/mol. The largest absolute Gasteiger partial charge is 0.467 e. The summed E-state index contributed by atoms with van der Waals surface area (Å²) in [6.07, 6.45) is 0.721. The van der Waals surface area contributed by atoms with E-state index in [1.54, 1.807) is 31.2 Å². The summed E-state index contributed by atoms with van der Waals surface area (Å²) < 4.78 is 4.67. The van der Waals surface area contributed by atoms with Gasteiger partial charge >= 0.3 is 5.97 Å². The molecule has 1 aromatic rings. The fourth-order valence-corrected chi connectivity index (χ4v) is 1.70.